The van der Waals surface area contributed by atoms with E-state index in [2.05, 4.69) is 0 Å². The summed E-state index contributed by atoms with van der Waals surface area (Å²) >= 11 is 0. The van der Waals surface area contributed by atoms with Crippen LogP contribution in [-0.2, 0) is 26.1 Å². The van der Waals surface area contributed by atoms with Gasteiger partial charge in [0.05, 0.1) is 5.92 Å². The monoisotopic (exact) mass is 336 g/mol. The smallest absolute Gasteiger partial charge is 0.235 e. The number of likely N-dealkylation sites (tertiary alicyclic amines) is 1. The minimum Gasteiger partial charge on any atom is -0.369 e. The van der Waals surface area contributed by atoms with E-state index in [1.165, 1.54) is 5.56 Å². The Balaban J connectivity index is 1.90. The number of benzene rings is 1. The molecule has 0 radical (unpaired) electrons. The van der Waals surface area contributed by atoms with Gasteiger partial charge in [-0.1, -0.05) is 18.2 Å². The molecular weight excluding hydrogens is 312 g/mol. The Morgan fingerprint density at radius 1 is 1.30 bits per heavy atom. The molecule has 0 aliphatic carbocycles. The predicted octanol–water partition coefficient (Wildman–Crippen LogP) is 1.28. The van der Waals surface area contributed by atoms with Crippen LogP contribution >= 0.6 is 0 Å². The molecule has 0 bridgehead atoms. The van der Waals surface area contributed by atoms with E-state index in [4.69, 9.17) is 5.73 Å². The number of piperidine rings is 1. The first kappa shape index (κ1) is 17.7. The second-order valence-corrected chi connectivity index (χ2v) is 7.69. The lowest BCUT2D eigenvalue weighted by atomic mass is 9.97. The van der Waals surface area contributed by atoms with Crippen molar-refractivity contribution >= 4 is 22.6 Å². The van der Waals surface area contributed by atoms with Crippen LogP contribution in [0.1, 0.15) is 29.5 Å². The van der Waals surface area contributed by atoms with Crippen LogP contribution in [0.25, 0.3) is 0 Å². The number of carbonyl (C=O) groups excluding carboxylic acids is 2. The van der Waals surface area contributed by atoms with Crippen LogP contribution in [0.5, 0.6) is 0 Å². The van der Waals surface area contributed by atoms with Gasteiger partial charge in [-0.05, 0) is 43.4 Å². The molecule has 2 amide bonds. The van der Waals surface area contributed by atoms with Crippen molar-refractivity contribution in [2.75, 3.05) is 18.8 Å². The van der Waals surface area contributed by atoms with Crippen LogP contribution < -0.4 is 5.73 Å². The first-order valence-corrected chi connectivity index (χ1v) is 9.34. The average molecular weight is 336 g/mol. The number of hydrogen-bond acceptors (Lipinski definition) is 3. The summed E-state index contributed by atoms with van der Waals surface area (Å²) in [5.74, 6) is -0.420. The van der Waals surface area contributed by atoms with Crippen molar-refractivity contribution in [3.8, 4) is 0 Å². The molecule has 126 valence electrons. The van der Waals surface area contributed by atoms with Crippen LogP contribution in [0.2, 0.25) is 0 Å². The maximum absolute atomic E-state index is 12.3. The maximum atomic E-state index is 12.3. The van der Waals surface area contributed by atoms with Crippen molar-refractivity contribution < 1.29 is 13.8 Å². The van der Waals surface area contributed by atoms with Gasteiger partial charge in [0, 0.05) is 29.6 Å². The molecule has 5 nitrogen and oxygen atoms in total. The average Bonchev–Trinajstić information content (AvgIpc) is 2.51. The molecule has 1 fully saturated rings. The van der Waals surface area contributed by atoms with Gasteiger partial charge in [0.25, 0.3) is 0 Å². The lowest BCUT2D eigenvalue weighted by Gasteiger charge is -2.31. The molecule has 1 saturated heterocycles. The van der Waals surface area contributed by atoms with Crippen LogP contribution in [0.3, 0.4) is 0 Å². The van der Waals surface area contributed by atoms with Gasteiger partial charge < -0.3 is 10.6 Å². The summed E-state index contributed by atoms with van der Waals surface area (Å²) in [6, 6.07) is 5.97. The number of aryl methyl sites for hydroxylation is 2. The van der Waals surface area contributed by atoms with Crippen molar-refractivity contribution in [2.24, 2.45) is 11.7 Å². The number of hydrogen-bond donors (Lipinski definition) is 1. The predicted molar refractivity (Wildman–Crippen MR) is 91.1 cm³/mol. The highest BCUT2D eigenvalue weighted by Crippen LogP contribution is 2.17. The highest BCUT2D eigenvalue weighted by atomic mass is 32.2. The van der Waals surface area contributed by atoms with Gasteiger partial charge in [-0.3, -0.25) is 13.8 Å². The Hall–Kier alpha value is -1.69. The third-order valence-electron chi connectivity index (χ3n) is 4.36. The summed E-state index contributed by atoms with van der Waals surface area (Å²) in [5.41, 5.74) is 8.66. The highest BCUT2D eigenvalue weighted by Gasteiger charge is 2.27. The van der Waals surface area contributed by atoms with Gasteiger partial charge in [-0.2, -0.15) is 0 Å². The SMILES string of the molecule is Cc1ccc(C[S@](=O)CC(=O)N2CCC[C@@H](C(N)=O)C2)cc1C. The second-order valence-electron chi connectivity index (χ2n) is 6.23. The quantitative estimate of drug-likeness (QED) is 0.879. The summed E-state index contributed by atoms with van der Waals surface area (Å²) < 4.78 is 12.2. The van der Waals surface area contributed by atoms with Crippen molar-refractivity contribution in [2.45, 2.75) is 32.4 Å². The first-order chi connectivity index (χ1) is 10.9. The minimum absolute atomic E-state index is 0.00158. The summed E-state index contributed by atoms with van der Waals surface area (Å²) in [6.45, 7) is 5.02. The van der Waals surface area contributed by atoms with Crippen molar-refractivity contribution in [3.05, 3.63) is 34.9 Å². The van der Waals surface area contributed by atoms with E-state index in [1.54, 1.807) is 4.90 Å². The van der Waals surface area contributed by atoms with Gasteiger partial charge >= 0.3 is 0 Å². The number of nitrogens with two attached hydrogens (primary N) is 1. The van der Waals surface area contributed by atoms with Crippen molar-refractivity contribution in [3.63, 3.8) is 0 Å². The maximum Gasteiger partial charge on any atom is 0.235 e. The minimum atomic E-state index is -1.25. The van der Waals surface area contributed by atoms with E-state index < -0.39 is 10.8 Å². The number of carbonyl (C=O) groups is 2. The van der Waals surface area contributed by atoms with Crippen LogP contribution in [0.4, 0.5) is 0 Å². The molecule has 1 aliphatic heterocycles. The molecule has 6 heteroatoms. The zero-order valence-corrected chi connectivity index (χ0v) is 14.5. The third-order valence-corrected chi connectivity index (χ3v) is 5.58. The fourth-order valence-corrected chi connectivity index (χ4v) is 3.91. The zero-order valence-electron chi connectivity index (χ0n) is 13.7. The molecule has 2 atom stereocenters. The first-order valence-electron chi connectivity index (χ1n) is 7.85. The Morgan fingerprint density at radius 2 is 2.04 bits per heavy atom. The van der Waals surface area contributed by atoms with E-state index in [0.717, 1.165) is 24.0 Å². The Morgan fingerprint density at radius 3 is 2.70 bits per heavy atom. The molecule has 2 N–H and O–H groups in total. The molecule has 1 aromatic carbocycles. The molecule has 1 aliphatic rings. The number of primary amides is 1. The van der Waals surface area contributed by atoms with Gasteiger partial charge in [-0.25, -0.2) is 0 Å². The second kappa shape index (κ2) is 7.73. The number of rotatable bonds is 5. The van der Waals surface area contributed by atoms with Crippen LogP contribution in [0.15, 0.2) is 18.2 Å². The topological polar surface area (TPSA) is 80.5 Å². The summed E-state index contributed by atoms with van der Waals surface area (Å²) in [4.78, 5) is 25.2. The fraction of sp³-hybridized carbons (Fsp3) is 0.529. The molecule has 0 unspecified atom stereocenters. The van der Waals surface area contributed by atoms with E-state index in [0.29, 0.717) is 18.8 Å². The van der Waals surface area contributed by atoms with Crippen LogP contribution in [-0.4, -0.2) is 39.8 Å². The van der Waals surface area contributed by atoms with Gasteiger partial charge in [-0.15, -0.1) is 0 Å². The lowest BCUT2D eigenvalue weighted by Crippen LogP contribution is -2.45. The van der Waals surface area contributed by atoms with Crippen molar-refractivity contribution in [1.29, 1.82) is 0 Å². The standard InChI is InChI=1S/C17H24N2O3S/c1-12-5-6-14(8-13(12)2)10-23(22)11-16(20)19-7-3-4-15(9-19)17(18)21/h5-6,8,15H,3-4,7,9-11H2,1-2H3,(H2,18,21)/t15-,23+/m1/s1. The number of amides is 2. The summed E-state index contributed by atoms with van der Waals surface area (Å²) in [5, 5.41) is 0. The van der Waals surface area contributed by atoms with Crippen molar-refractivity contribution in [1.82, 2.24) is 4.90 Å². The molecule has 2 rings (SSSR count). The van der Waals surface area contributed by atoms with E-state index >= 15 is 0 Å². The van der Waals surface area contributed by atoms with Gasteiger partial charge in [0.1, 0.15) is 5.75 Å². The molecule has 1 aromatic rings. The zero-order chi connectivity index (χ0) is 17.0. The lowest BCUT2D eigenvalue weighted by molar-refractivity contribution is -0.132. The van der Waals surface area contributed by atoms with Crippen LogP contribution in [0, 0.1) is 19.8 Å². The van der Waals surface area contributed by atoms with E-state index in [-0.39, 0.29) is 23.5 Å². The molecule has 0 aromatic heterocycles. The van der Waals surface area contributed by atoms with E-state index in [9.17, 15) is 13.8 Å². The molecule has 0 saturated carbocycles. The molecule has 0 spiro atoms. The summed E-state index contributed by atoms with van der Waals surface area (Å²) in [6.07, 6.45) is 1.49. The Kier molecular flexibility index (Phi) is 5.93. The van der Waals surface area contributed by atoms with Gasteiger partial charge in [0.15, 0.2) is 0 Å². The largest absolute Gasteiger partial charge is 0.369 e. The summed E-state index contributed by atoms with van der Waals surface area (Å²) in [7, 11) is -1.25. The normalized spacial score (nSPS) is 19.4. The van der Waals surface area contributed by atoms with Gasteiger partial charge in [0.2, 0.25) is 11.8 Å². The Bertz CT molecular complexity index is 630. The molecule has 1 heterocycles. The highest BCUT2D eigenvalue weighted by molar-refractivity contribution is 7.84. The molecule has 23 heavy (non-hydrogen) atoms. The Labute approximate surface area is 139 Å². The third kappa shape index (κ3) is 4.89. The molecular formula is C17H24N2O3S. The van der Waals surface area contributed by atoms with E-state index in [1.807, 2.05) is 32.0 Å². The fourth-order valence-electron chi connectivity index (χ4n) is 2.80. The number of nitrogens with zero attached hydrogens (tertiary/aromatic N) is 1.